The van der Waals surface area contributed by atoms with E-state index in [-0.39, 0.29) is 17.2 Å². The van der Waals surface area contributed by atoms with Gasteiger partial charge in [-0.3, -0.25) is 9.48 Å². The van der Waals surface area contributed by atoms with Crippen LogP contribution in [-0.4, -0.2) is 20.8 Å². The summed E-state index contributed by atoms with van der Waals surface area (Å²) in [4.78, 5) is 12.3. The highest BCUT2D eigenvalue weighted by molar-refractivity contribution is 6.08. The van der Waals surface area contributed by atoms with E-state index in [4.69, 9.17) is 0 Å². The van der Waals surface area contributed by atoms with Crippen molar-refractivity contribution in [3.8, 4) is 5.75 Å². The molecule has 0 unspecified atom stereocenters. The number of aromatic hydroxyl groups is 1. The Labute approximate surface area is 121 Å². The summed E-state index contributed by atoms with van der Waals surface area (Å²) >= 11 is 0. The van der Waals surface area contributed by atoms with Crippen molar-refractivity contribution in [2.45, 2.75) is 13.5 Å². The summed E-state index contributed by atoms with van der Waals surface area (Å²) in [5, 5.41) is 18.7. The second kappa shape index (κ2) is 5.28. The highest BCUT2D eigenvalue weighted by Crippen LogP contribution is 2.25. The fourth-order valence-corrected chi connectivity index (χ4v) is 2.21. The number of phenols is 1. The molecule has 1 heterocycles. The van der Waals surface area contributed by atoms with Crippen LogP contribution >= 0.6 is 0 Å². The van der Waals surface area contributed by atoms with Gasteiger partial charge in [-0.2, -0.15) is 5.10 Å². The van der Waals surface area contributed by atoms with Crippen LogP contribution in [0.1, 0.15) is 17.3 Å². The van der Waals surface area contributed by atoms with Gasteiger partial charge in [0.1, 0.15) is 5.75 Å². The van der Waals surface area contributed by atoms with Crippen molar-refractivity contribution in [2.24, 2.45) is 0 Å². The number of amides is 1. The summed E-state index contributed by atoms with van der Waals surface area (Å²) in [6.07, 6.45) is 3.33. The predicted molar refractivity (Wildman–Crippen MR) is 81.5 cm³/mol. The number of nitrogens with zero attached hydrogens (tertiary/aromatic N) is 2. The van der Waals surface area contributed by atoms with Gasteiger partial charge in [0.25, 0.3) is 5.91 Å². The highest BCUT2D eigenvalue weighted by atomic mass is 16.3. The van der Waals surface area contributed by atoms with Crippen molar-refractivity contribution in [3.05, 3.63) is 54.4 Å². The molecule has 5 nitrogen and oxygen atoms in total. The fraction of sp³-hybridized carbons (Fsp3) is 0.125. The molecule has 1 amide bonds. The van der Waals surface area contributed by atoms with Gasteiger partial charge in [-0.25, -0.2) is 0 Å². The van der Waals surface area contributed by atoms with Crippen LogP contribution in [0.4, 0.5) is 5.69 Å². The monoisotopic (exact) mass is 281 g/mol. The molecule has 21 heavy (non-hydrogen) atoms. The third-order valence-electron chi connectivity index (χ3n) is 3.32. The molecule has 0 radical (unpaired) electrons. The van der Waals surface area contributed by atoms with E-state index in [2.05, 4.69) is 10.4 Å². The summed E-state index contributed by atoms with van der Waals surface area (Å²) < 4.78 is 1.72. The minimum absolute atomic E-state index is 0.0333. The van der Waals surface area contributed by atoms with E-state index in [1.807, 2.05) is 31.2 Å². The molecule has 0 aliphatic heterocycles. The number of aryl methyl sites for hydroxylation is 1. The standard InChI is InChI=1S/C16H15N3O2/c1-2-19-10-13(9-17-19)18-16(21)14-7-11-5-3-4-6-12(11)8-15(14)20/h3-10,20H,2H2,1H3,(H,18,21). The minimum atomic E-state index is -0.353. The third kappa shape index (κ3) is 2.58. The van der Waals surface area contributed by atoms with Crippen LogP contribution in [0, 0.1) is 0 Å². The quantitative estimate of drug-likeness (QED) is 0.775. The number of fused-ring (bicyclic) bond motifs is 1. The zero-order valence-corrected chi connectivity index (χ0v) is 11.6. The molecule has 0 aliphatic carbocycles. The summed E-state index contributed by atoms with van der Waals surface area (Å²) in [6.45, 7) is 2.70. The molecular weight excluding hydrogens is 266 g/mol. The average Bonchev–Trinajstić information content (AvgIpc) is 2.94. The molecular formula is C16H15N3O2. The molecule has 5 heteroatoms. The topological polar surface area (TPSA) is 67.2 Å². The van der Waals surface area contributed by atoms with Crippen molar-refractivity contribution in [2.75, 3.05) is 5.32 Å². The minimum Gasteiger partial charge on any atom is -0.507 e. The molecule has 0 atom stereocenters. The largest absolute Gasteiger partial charge is 0.507 e. The van der Waals surface area contributed by atoms with Gasteiger partial charge in [0.2, 0.25) is 0 Å². The Morgan fingerprint density at radius 2 is 2.00 bits per heavy atom. The summed E-state index contributed by atoms with van der Waals surface area (Å²) in [7, 11) is 0. The van der Waals surface area contributed by atoms with Crippen LogP contribution in [0.2, 0.25) is 0 Å². The maximum Gasteiger partial charge on any atom is 0.259 e. The predicted octanol–water partition coefficient (Wildman–Crippen LogP) is 3.01. The second-order valence-electron chi connectivity index (χ2n) is 4.76. The Morgan fingerprint density at radius 3 is 2.67 bits per heavy atom. The molecule has 2 aromatic carbocycles. The van der Waals surface area contributed by atoms with Crippen LogP contribution in [-0.2, 0) is 6.54 Å². The number of nitrogens with one attached hydrogen (secondary N) is 1. The molecule has 1 aromatic heterocycles. The summed E-state index contributed by atoms with van der Waals surface area (Å²) in [5.41, 5.74) is 0.854. The number of carbonyl (C=O) groups is 1. The van der Waals surface area contributed by atoms with Crippen LogP contribution in [0.25, 0.3) is 10.8 Å². The Kier molecular flexibility index (Phi) is 3.31. The van der Waals surface area contributed by atoms with E-state index in [9.17, 15) is 9.90 Å². The average molecular weight is 281 g/mol. The lowest BCUT2D eigenvalue weighted by Crippen LogP contribution is -2.11. The Hall–Kier alpha value is -2.82. The Bertz CT molecular complexity index is 808. The SMILES string of the molecule is CCn1cc(NC(=O)c2cc3ccccc3cc2O)cn1. The molecule has 0 aliphatic rings. The number of aromatic nitrogens is 2. The molecule has 0 bridgehead atoms. The number of hydrogen-bond acceptors (Lipinski definition) is 3. The van der Waals surface area contributed by atoms with E-state index in [0.717, 1.165) is 17.3 Å². The first kappa shape index (κ1) is 13.2. The van der Waals surface area contributed by atoms with E-state index >= 15 is 0 Å². The third-order valence-corrected chi connectivity index (χ3v) is 3.32. The van der Waals surface area contributed by atoms with Gasteiger partial charge >= 0.3 is 0 Å². The van der Waals surface area contributed by atoms with Crippen LogP contribution in [0.5, 0.6) is 5.75 Å². The Morgan fingerprint density at radius 1 is 1.29 bits per heavy atom. The van der Waals surface area contributed by atoms with E-state index < -0.39 is 0 Å². The number of rotatable bonds is 3. The maximum absolute atomic E-state index is 12.3. The molecule has 3 aromatic rings. The number of hydrogen-bond donors (Lipinski definition) is 2. The normalized spacial score (nSPS) is 10.7. The van der Waals surface area contributed by atoms with Crippen molar-refractivity contribution in [3.63, 3.8) is 0 Å². The first-order chi connectivity index (χ1) is 10.2. The second-order valence-corrected chi connectivity index (χ2v) is 4.76. The van der Waals surface area contributed by atoms with Crippen LogP contribution in [0.15, 0.2) is 48.8 Å². The molecule has 2 N–H and O–H groups in total. The zero-order chi connectivity index (χ0) is 14.8. The summed E-state index contributed by atoms with van der Waals surface area (Å²) in [6, 6.07) is 10.9. The van der Waals surface area contributed by atoms with Gasteiger partial charge in [0, 0.05) is 12.7 Å². The number of phenolic OH excluding ortho intramolecular Hbond substituents is 1. The van der Waals surface area contributed by atoms with Gasteiger partial charge in [-0.1, -0.05) is 24.3 Å². The van der Waals surface area contributed by atoms with Crippen LogP contribution < -0.4 is 5.32 Å². The van der Waals surface area contributed by atoms with Crippen molar-refractivity contribution >= 4 is 22.4 Å². The molecule has 0 saturated carbocycles. The van der Waals surface area contributed by atoms with Gasteiger partial charge in [0.05, 0.1) is 17.4 Å². The highest BCUT2D eigenvalue weighted by Gasteiger charge is 2.13. The molecule has 106 valence electrons. The van der Waals surface area contributed by atoms with Gasteiger partial charge < -0.3 is 10.4 Å². The molecule has 3 rings (SSSR count). The lowest BCUT2D eigenvalue weighted by atomic mass is 10.1. The van der Waals surface area contributed by atoms with Gasteiger partial charge in [-0.05, 0) is 29.8 Å². The van der Waals surface area contributed by atoms with E-state index in [0.29, 0.717) is 5.69 Å². The molecule has 0 spiro atoms. The number of benzene rings is 2. The van der Waals surface area contributed by atoms with Gasteiger partial charge in [0.15, 0.2) is 0 Å². The first-order valence-electron chi connectivity index (χ1n) is 6.73. The van der Waals surface area contributed by atoms with Crippen LogP contribution in [0.3, 0.4) is 0 Å². The number of carbonyl (C=O) groups excluding carboxylic acids is 1. The first-order valence-corrected chi connectivity index (χ1v) is 6.73. The Balaban J connectivity index is 1.91. The molecule has 0 fully saturated rings. The maximum atomic E-state index is 12.3. The van der Waals surface area contributed by atoms with Crippen molar-refractivity contribution in [1.82, 2.24) is 9.78 Å². The number of anilines is 1. The van der Waals surface area contributed by atoms with E-state index in [1.54, 1.807) is 29.2 Å². The molecule has 0 saturated heterocycles. The lowest BCUT2D eigenvalue weighted by molar-refractivity contribution is 0.102. The summed E-state index contributed by atoms with van der Waals surface area (Å²) in [5.74, 6) is -0.386. The van der Waals surface area contributed by atoms with Crippen molar-refractivity contribution in [1.29, 1.82) is 0 Å². The zero-order valence-electron chi connectivity index (χ0n) is 11.6. The van der Waals surface area contributed by atoms with Crippen molar-refractivity contribution < 1.29 is 9.90 Å². The van der Waals surface area contributed by atoms with Gasteiger partial charge in [-0.15, -0.1) is 0 Å². The lowest BCUT2D eigenvalue weighted by Gasteiger charge is -2.07. The smallest absolute Gasteiger partial charge is 0.259 e. The fourth-order valence-electron chi connectivity index (χ4n) is 2.21. The van der Waals surface area contributed by atoms with E-state index in [1.165, 1.54) is 0 Å².